The van der Waals surface area contributed by atoms with E-state index in [9.17, 15) is 9.59 Å². The van der Waals surface area contributed by atoms with Crippen LogP contribution in [0.15, 0.2) is 98.7 Å². The van der Waals surface area contributed by atoms with Crippen molar-refractivity contribution in [1.29, 1.82) is 0 Å². The zero-order valence-corrected chi connectivity index (χ0v) is 25.5. The van der Waals surface area contributed by atoms with E-state index in [1.807, 2.05) is 85.1 Å². The van der Waals surface area contributed by atoms with Gasteiger partial charge in [-0.15, -0.1) is 11.8 Å². The number of nitrogens with zero attached hydrogens (tertiary/aromatic N) is 2. The molecule has 0 radical (unpaired) electrons. The van der Waals surface area contributed by atoms with Gasteiger partial charge in [0.05, 0.1) is 27.9 Å². The molecule has 4 aromatic rings. The summed E-state index contributed by atoms with van der Waals surface area (Å²) in [5.74, 6) is 0.146. The summed E-state index contributed by atoms with van der Waals surface area (Å²) in [5, 5.41) is 0.631. The lowest BCUT2D eigenvalue weighted by atomic mass is 9.96. The SMILES string of the molecule is CSc1ccc([C@@H]2C(C(=O)OC(C)C)=C(C)N=c3s/c(=C/c4ccccc4OCc4ccccc4Cl)c(=O)n32)cc1. The Kier molecular flexibility index (Phi) is 8.82. The molecule has 1 aliphatic heterocycles. The molecule has 1 atom stereocenters. The molecular formula is C32H29ClN2O4S2. The highest BCUT2D eigenvalue weighted by molar-refractivity contribution is 7.98. The third-order valence-corrected chi connectivity index (χ3v) is 8.66. The van der Waals surface area contributed by atoms with Crippen molar-refractivity contribution in [3.05, 3.63) is 125 Å². The number of thioether (sulfide) groups is 1. The van der Waals surface area contributed by atoms with E-state index in [0.29, 0.717) is 38.0 Å². The van der Waals surface area contributed by atoms with Gasteiger partial charge in [-0.05, 0) is 62.9 Å². The largest absolute Gasteiger partial charge is 0.488 e. The molecule has 41 heavy (non-hydrogen) atoms. The number of benzene rings is 3. The van der Waals surface area contributed by atoms with Gasteiger partial charge in [-0.25, -0.2) is 9.79 Å². The normalized spacial score (nSPS) is 15.1. The molecule has 1 aliphatic rings. The van der Waals surface area contributed by atoms with Crippen molar-refractivity contribution in [3.63, 3.8) is 0 Å². The van der Waals surface area contributed by atoms with E-state index in [4.69, 9.17) is 21.1 Å². The van der Waals surface area contributed by atoms with E-state index in [0.717, 1.165) is 21.6 Å². The van der Waals surface area contributed by atoms with Crippen molar-refractivity contribution >= 4 is 46.7 Å². The minimum atomic E-state index is -0.665. The van der Waals surface area contributed by atoms with E-state index >= 15 is 0 Å². The molecule has 5 rings (SSSR count). The molecule has 6 nitrogen and oxygen atoms in total. The number of hydrogen-bond acceptors (Lipinski definition) is 7. The Morgan fingerprint density at radius 3 is 2.51 bits per heavy atom. The number of carbonyl (C=O) groups is 1. The van der Waals surface area contributed by atoms with Gasteiger partial charge in [0.2, 0.25) is 0 Å². The fraction of sp³-hybridized carbons (Fsp3) is 0.219. The number of hydrogen-bond donors (Lipinski definition) is 0. The smallest absolute Gasteiger partial charge is 0.338 e. The summed E-state index contributed by atoms with van der Waals surface area (Å²) in [6.45, 7) is 5.68. The van der Waals surface area contributed by atoms with E-state index in [1.165, 1.54) is 11.3 Å². The Morgan fingerprint density at radius 1 is 1.10 bits per heavy atom. The summed E-state index contributed by atoms with van der Waals surface area (Å²) in [6.07, 6.45) is 3.50. The summed E-state index contributed by atoms with van der Waals surface area (Å²) in [6, 6.07) is 22.3. The van der Waals surface area contributed by atoms with E-state index in [-0.39, 0.29) is 11.7 Å². The number of carbonyl (C=O) groups excluding carboxylic acids is 1. The minimum absolute atomic E-state index is 0.240. The molecular weight excluding hydrogens is 576 g/mol. The first-order valence-electron chi connectivity index (χ1n) is 13.1. The Hall–Kier alpha value is -3.59. The molecule has 9 heteroatoms. The summed E-state index contributed by atoms with van der Waals surface area (Å²) in [4.78, 5) is 33.6. The summed E-state index contributed by atoms with van der Waals surface area (Å²) >= 11 is 9.22. The maximum Gasteiger partial charge on any atom is 0.338 e. The van der Waals surface area contributed by atoms with Crippen LogP contribution < -0.4 is 19.6 Å². The van der Waals surface area contributed by atoms with Gasteiger partial charge < -0.3 is 9.47 Å². The van der Waals surface area contributed by atoms with Crippen molar-refractivity contribution in [2.24, 2.45) is 4.99 Å². The van der Waals surface area contributed by atoms with Crippen LogP contribution in [0.5, 0.6) is 5.75 Å². The van der Waals surface area contributed by atoms with Crippen molar-refractivity contribution in [1.82, 2.24) is 4.57 Å². The monoisotopic (exact) mass is 604 g/mol. The molecule has 0 bridgehead atoms. The molecule has 0 saturated heterocycles. The molecule has 0 aliphatic carbocycles. The molecule has 0 N–H and O–H groups in total. The van der Waals surface area contributed by atoms with Gasteiger partial charge in [0.1, 0.15) is 12.4 Å². The topological polar surface area (TPSA) is 69.9 Å². The molecule has 0 fully saturated rings. The molecule has 210 valence electrons. The lowest BCUT2D eigenvalue weighted by Crippen LogP contribution is -2.40. The molecule has 1 aromatic heterocycles. The number of halogens is 1. The number of esters is 1. The van der Waals surface area contributed by atoms with Crippen LogP contribution in [-0.4, -0.2) is 22.9 Å². The number of ether oxygens (including phenoxy) is 2. The van der Waals surface area contributed by atoms with Crippen LogP contribution in [0.1, 0.15) is 43.5 Å². The van der Waals surface area contributed by atoms with Crippen LogP contribution >= 0.6 is 34.7 Å². The first kappa shape index (κ1) is 28.9. The van der Waals surface area contributed by atoms with Gasteiger partial charge in [-0.2, -0.15) is 0 Å². The maximum absolute atomic E-state index is 14.0. The number of rotatable bonds is 8. The fourth-order valence-electron chi connectivity index (χ4n) is 4.61. The average Bonchev–Trinajstić information content (AvgIpc) is 3.26. The van der Waals surface area contributed by atoms with Crippen molar-refractivity contribution in [2.75, 3.05) is 6.26 Å². The van der Waals surface area contributed by atoms with Gasteiger partial charge in [0.25, 0.3) is 5.56 Å². The van der Waals surface area contributed by atoms with Gasteiger partial charge in [-0.1, -0.05) is 71.5 Å². The Labute approximate surface area is 251 Å². The quantitative estimate of drug-likeness (QED) is 0.178. The Bertz CT molecular complexity index is 1810. The number of thiazole rings is 1. The number of fused-ring (bicyclic) bond motifs is 1. The summed E-state index contributed by atoms with van der Waals surface area (Å²) < 4.78 is 13.8. The highest BCUT2D eigenvalue weighted by Gasteiger charge is 2.33. The lowest BCUT2D eigenvalue weighted by Gasteiger charge is -2.25. The average molecular weight is 605 g/mol. The molecule has 0 saturated carbocycles. The maximum atomic E-state index is 14.0. The minimum Gasteiger partial charge on any atom is -0.488 e. The number of allylic oxidation sites excluding steroid dienone is 1. The van der Waals surface area contributed by atoms with Crippen LogP contribution in [0.2, 0.25) is 5.02 Å². The van der Waals surface area contributed by atoms with E-state index < -0.39 is 12.0 Å². The van der Waals surface area contributed by atoms with Gasteiger partial charge >= 0.3 is 5.97 Å². The third-order valence-electron chi connectivity index (χ3n) is 6.56. The van der Waals surface area contributed by atoms with Gasteiger partial charge in [-0.3, -0.25) is 9.36 Å². The zero-order chi connectivity index (χ0) is 29.1. The van der Waals surface area contributed by atoms with E-state index in [2.05, 4.69) is 4.99 Å². The fourth-order valence-corrected chi connectivity index (χ4v) is 6.24. The van der Waals surface area contributed by atoms with Crippen LogP contribution in [0.3, 0.4) is 0 Å². The summed E-state index contributed by atoms with van der Waals surface area (Å²) in [7, 11) is 0. The van der Waals surface area contributed by atoms with Crippen LogP contribution in [0.4, 0.5) is 0 Å². The standard InChI is InChI=1S/C32H29ClN2O4S2/c1-19(2)39-31(37)28-20(3)34-32-35(29(28)21-13-15-24(40-4)16-14-21)30(36)27(41-32)17-22-9-6-8-12-26(22)38-18-23-10-5-7-11-25(23)33/h5-17,19,29H,18H2,1-4H3/b27-17+/t29-/m1/s1. The summed E-state index contributed by atoms with van der Waals surface area (Å²) in [5.41, 5.74) is 3.08. The molecule has 0 unspecified atom stereocenters. The molecule has 2 heterocycles. The number of aromatic nitrogens is 1. The van der Waals surface area contributed by atoms with Crippen LogP contribution in [0.25, 0.3) is 6.08 Å². The first-order chi connectivity index (χ1) is 19.8. The van der Waals surface area contributed by atoms with Crippen molar-refractivity contribution < 1.29 is 14.3 Å². The zero-order valence-electron chi connectivity index (χ0n) is 23.1. The predicted octanol–water partition coefficient (Wildman–Crippen LogP) is 6.14. The van der Waals surface area contributed by atoms with Gasteiger partial charge in [0.15, 0.2) is 4.80 Å². The molecule has 0 spiro atoms. The predicted molar refractivity (Wildman–Crippen MR) is 165 cm³/mol. The van der Waals surface area contributed by atoms with E-state index in [1.54, 1.807) is 37.1 Å². The molecule has 0 amide bonds. The Balaban J connectivity index is 1.60. The molecule has 3 aromatic carbocycles. The highest BCUT2D eigenvalue weighted by atomic mass is 35.5. The Morgan fingerprint density at radius 2 is 1.80 bits per heavy atom. The second-order valence-corrected chi connectivity index (χ2v) is 12.0. The van der Waals surface area contributed by atoms with Gasteiger partial charge in [0, 0.05) is 21.0 Å². The van der Waals surface area contributed by atoms with Crippen LogP contribution in [-0.2, 0) is 16.1 Å². The first-order valence-corrected chi connectivity index (χ1v) is 15.5. The third kappa shape index (κ3) is 6.20. The van der Waals surface area contributed by atoms with Crippen molar-refractivity contribution in [2.45, 2.75) is 44.4 Å². The second-order valence-electron chi connectivity index (χ2n) is 9.73. The van der Waals surface area contributed by atoms with Crippen LogP contribution in [0, 0.1) is 0 Å². The highest BCUT2D eigenvalue weighted by Crippen LogP contribution is 2.32. The second kappa shape index (κ2) is 12.5. The number of para-hydroxylation sites is 1. The lowest BCUT2D eigenvalue weighted by molar-refractivity contribution is -0.143. The van der Waals surface area contributed by atoms with Crippen molar-refractivity contribution in [3.8, 4) is 5.75 Å².